The second-order valence-electron chi connectivity index (χ2n) is 4.36. The molecule has 2 rings (SSSR count). The summed E-state index contributed by atoms with van der Waals surface area (Å²) in [5, 5.41) is 3.16. The van der Waals surface area contributed by atoms with Crippen molar-refractivity contribution < 1.29 is 9.59 Å². The fourth-order valence-corrected chi connectivity index (χ4v) is 3.15. The maximum absolute atomic E-state index is 12.2. The lowest BCUT2D eigenvalue weighted by Crippen LogP contribution is -2.47. The minimum Gasteiger partial charge on any atom is -0.341 e. The number of nitrogens with one attached hydrogen (secondary N) is 1. The average Bonchev–Trinajstić information content (AvgIpc) is 2.79. The second kappa shape index (κ2) is 5.73. The second-order valence-corrected chi connectivity index (χ2v) is 5.39. The van der Waals surface area contributed by atoms with Gasteiger partial charge in [-0.3, -0.25) is 14.9 Å². The van der Waals surface area contributed by atoms with Crippen LogP contribution in [0.15, 0.2) is 0 Å². The molecule has 1 atom stereocenters. The van der Waals surface area contributed by atoms with Gasteiger partial charge in [0.15, 0.2) is 0 Å². The lowest BCUT2D eigenvalue weighted by molar-refractivity contribution is -0.139. The van der Waals surface area contributed by atoms with Gasteiger partial charge < -0.3 is 9.80 Å². The van der Waals surface area contributed by atoms with Gasteiger partial charge in [0.25, 0.3) is 0 Å². The number of hydrogen-bond donors (Lipinski definition) is 1. The third kappa shape index (κ3) is 2.93. The molecule has 5 nitrogen and oxygen atoms in total. The Kier molecular flexibility index (Phi) is 4.28. The molecule has 2 aliphatic rings. The standard InChI is InChI=1S/C11H19N3O2S/c1-2-13-4-3-5-14(6-10(13)15)11(16)9-7-17-8-12-9/h9,12H,2-8H2,1H3/t9-/m1/s1. The molecule has 0 spiro atoms. The first-order chi connectivity index (χ1) is 8.22. The molecule has 0 unspecified atom stereocenters. The Balaban J connectivity index is 1.96. The maximum Gasteiger partial charge on any atom is 0.242 e. The topological polar surface area (TPSA) is 52.6 Å². The minimum absolute atomic E-state index is 0.0731. The van der Waals surface area contributed by atoms with E-state index in [2.05, 4.69) is 5.32 Å². The van der Waals surface area contributed by atoms with Crippen molar-refractivity contribution in [2.75, 3.05) is 37.8 Å². The highest BCUT2D eigenvalue weighted by Crippen LogP contribution is 2.13. The number of likely N-dealkylation sites (N-methyl/N-ethyl adjacent to an activating group) is 1. The van der Waals surface area contributed by atoms with Crippen LogP contribution in [-0.4, -0.2) is 65.5 Å². The summed E-state index contributed by atoms with van der Waals surface area (Å²) in [6.45, 7) is 4.42. The van der Waals surface area contributed by atoms with Gasteiger partial charge in [0.1, 0.15) is 0 Å². The normalized spacial score (nSPS) is 26.2. The van der Waals surface area contributed by atoms with E-state index in [1.165, 1.54) is 0 Å². The number of thioether (sulfide) groups is 1. The van der Waals surface area contributed by atoms with Crippen LogP contribution in [0.2, 0.25) is 0 Å². The van der Waals surface area contributed by atoms with Crippen LogP contribution in [-0.2, 0) is 9.59 Å². The molecular weight excluding hydrogens is 238 g/mol. The van der Waals surface area contributed by atoms with Crippen LogP contribution >= 0.6 is 11.8 Å². The summed E-state index contributed by atoms with van der Waals surface area (Å²) >= 11 is 1.73. The molecule has 2 heterocycles. The van der Waals surface area contributed by atoms with E-state index in [0.29, 0.717) is 6.54 Å². The van der Waals surface area contributed by atoms with Gasteiger partial charge in [-0.2, -0.15) is 0 Å². The van der Waals surface area contributed by atoms with Gasteiger partial charge in [-0.15, -0.1) is 11.8 Å². The summed E-state index contributed by atoms with van der Waals surface area (Å²) in [6.07, 6.45) is 0.880. The summed E-state index contributed by atoms with van der Waals surface area (Å²) in [4.78, 5) is 27.6. The summed E-state index contributed by atoms with van der Waals surface area (Å²) in [7, 11) is 0. The molecule has 2 fully saturated rings. The van der Waals surface area contributed by atoms with Crippen LogP contribution in [0.3, 0.4) is 0 Å². The zero-order valence-corrected chi connectivity index (χ0v) is 11.0. The molecule has 0 saturated carbocycles. The Bertz CT molecular complexity index is 305. The SMILES string of the molecule is CCN1CCCN(C(=O)[C@H]2CSCN2)CC1=O. The van der Waals surface area contributed by atoms with Crippen molar-refractivity contribution in [1.29, 1.82) is 0 Å². The molecule has 0 aromatic heterocycles. The minimum atomic E-state index is -0.0963. The lowest BCUT2D eigenvalue weighted by atomic mass is 10.2. The van der Waals surface area contributed by atoms with E-state index in [1.54, 1.807) is 16.7 Å². The van der Waals surface area contributed by atoms with Crippen molar-refractivity contribution in [3.05, 3.63) is 0 Å². The van der Waals surface area contributed by atoms with Crippen LogP contribution < -0.4 is 5.32 Å². The van der Waals surface area contributed by atoms with E-state index in [4.69, 9.17) is 0 Å². The summed E-state index contributed by atoms with van der Waals surface area (Å²) in [6, 6.07) is -0.0963. The van der Waals surface area contributed by atoms with Gasteiger partial charge in [0.05, 0.1) is 12.6 Å². The molecule has 2 aliphatic heterocycles. The Morgan fingerprint density at radius 3 is 3.00 bits per heavy atom. The largest absolute Gasteiger partial charge is 0.341 e. The Morgan fingerprint density at radius 2 is 2.35 bits per heavy atom. The summed E-state index contributed by atoms with van der Waals surface area (Å²) in [5.74, 6) is 1.81. The Hall–Kier alpha value is -0.750. The van der Waals surface area contributed by atoms with Crippen molar-refractivity contribution in [3.63, 3.8) is 0 Å². The van der Waals surface area contributed by atoms with Crippen molar-refractivity contribution in [3.8, 4) is 0 Å². The van der Waals surface area contributed by atoms with E-state index in [9.17, 15) is 9.59 Å². The Morgan fingerprint density at radius 1 is 1.53 bits per heavy atom. The summed E-state index contributed by atoms with van der Waals surface area (Å²) < 4.78 is 0. The highest BCUT2D eigenvalue weighted by Gasteiger charge is 2.30. The molecule has 0 aliphatic carbocycles. The first-order valence-corrected chi connectivity index (χ1v) is 7.25. The third-order valence-corrected chi connectivity index (χ3v) is 4.18. The van der Waals surface area contributed by atoms with Gasteiger partial charge in [0, 0.05) is 31.3 Å². The molecule has 2 saturated heterocycles. The van der Waals surface area contributed by atoms with Crippen molar-refractivity contribution >= 4 is 23.6 Å². The predicted octanol–water partition coefficient (Wildman–Crippen LogP) is -0.270. The van der Waals surface area contributed by atoms with E-state index < -0.39 is 0 Å². The highest BCUT2D eigenvalue weighted by molar-refractivity contribution is 7.99. The monoisotopic (exact) mass is 257 g/mol. The van der Waals surface area contributed by atoms with Crippen molar-refractivity contribution in [1.82, 2.24) is 15.1 Å². The predicted molar refractivity (Wildman–Crippen MR) is 67.7 cm³/mol. The molecule has 0 aromatic rings. The van der Waals surface area contributed by atoms with Gasteiger partial charge in [-0.05, 0) is 13.3 Å². The number of hydrogen-bond acceptors (Lipinski definition) is 4. The summed E-state index contributed by atoms with van der Waals surface area (Å²) in [5.41, 5.74) is 0. The van der Waals surface area contributed by atoms with Crippen LogP contribution in [0.4, 0.5) is 0 Å². The van der Waals surface area contributed by atoms with Gasteiger partial charge in [-0.1, -0.05) is 0 Å². The molecule has 2 amide bonds. The zero-order chi connectivity index (χ0) is 12.3. The molecule has 0 aromatic carbocycles. The number of carbonyl (C=O) groups is 2. The molecule has 17 heavy (non-hydrogen) atoms. The van der Waals surface area contributed by atoms with Crippen LogP contribution in [0.25, 0.3) is 0 Å². The van der Waals surface area contributed by atoms with Crippen LogP contribution in [0.5, 0.6) is 0 Å². The molecule has 6 heteroatoms. The number of amides is 2. The first-order valence-electron chi connectivity index (χ1n) is 6.10. The van der Waals surface area contributed by atoms with E-state index in [0.717, 1.165) is 31.1 Å². The maximum atomic E-state index is 12.2. The quantitative estimate of drug-likeness (QED) is 0.740. The van der Waals surface area contributed by atoms with Crippen LogP contribution in [0, 0.1) is 0 Å². The number of rotatable bonds is 2. The van der Waals surface area contributed by atoms with E-state index in [-0.39, 0.29) is 24.4 Å². The Labute approximate surface area is 106 Å². The first kappa shape index (κ1) is 12.7. The lowest BCUT2D eigenvalue weighted by Gasteiger charge is -2.23. The van der Waals surface area contributed by atoms with Crippen LogP contribution in [0.1, 0.15) is 13.3 Å². The third-order valence-electron chi connectivity index (χ3n) is 3.24. The van der Waals surface area contributed by atoms with Crippen molar-refractivity contribution in [2.45, 2.75) is 19.4 Å². The van der Waals surface area contributed by atoms with Gasteiger partial charge >= 0.3 is 0 Å². The fraction of sp³-hybridized carbons (Fsp3) is 0.818. The van der Waals surface area contributed by atoms with Gasteiger partial charge in [0.2, 0.25) is 11.8 Å². The van der Waals surface area contributed by atoms with Crippen molar-refractivity contribution in [2.24, 2.45) is 0 Å². The van der Waals surface area contributed by atoms with Gasteiger partial charge in [-0.25, -0.2) is 0 Å². The zero-order valence-electron chi connectivity index (χ0n) is 10.1. The molecule has 1 N–H and O–H groups in total. The molecular formula is C11H19N3O2S. The molecule has 0 radical (unpaired) electrons. The smallest absolute Gasteiger partial charge is 0.242 e. The molecule has 0 bridgehead atoms. The highest BCUT2D eigenvalue weighted by atomic mass is 32.2. The number of carbonyl (C=O) groups excluding carboxylic acids is 2. The molecule has 96 valence electrons. The van der Waals surface area contributed by atoms with E-state index >= 15 is 0 Å². The number of nitrogens with zero attached hydrogens (tertiary/aromatic N) is 2. The fourth-order valence-electron chi connectivity index (χ4n) is 2.22. The average molecular weight is 257 g/mol. The van der Waals surface area contributed by atoms with E-state index in [1.807, 2.05) is 11.8 Å².